The number of nitrogens with zero attached hydrogens (tertiary/aromatic N) is 4. The van der Waals surface area contributed by atoms with Crippen molar-refractivity contribution in [1.29, 1.82) is 0 Å². The average Bonchev–Trinajstić information content (AvgIpc) is 2.96. The van der Waals surface area contributed by atoms with Gasteiger partial charge in [0.25, 0.3) is 5.56 Å². The maximum absolute atomic E-state index is 12.1. The number of rotatable bonds is 7. The number of nitrogens with one attached hydrogen (secondary N) is 1. The largest absolute Gasteiger partial charge is 0.383 e. The fourth-order valence-electron chi connectivity index (χ4n) is 2.00. The molecule has 2 rings (SSSR count). The van der Waals surface area contributed by atoms with Crippen LogP contribution in [-0.2, 0) is 6.54 Å². The Kier molecular flexibility index (Phi) is 5.55. The Bertz CT molecular complexity index is 621. The van der Waals surface area contributed by atoms with Crippen LogP contribution < -0.4 is 10.9 Å². The van der Waals surface area contributed by atoms with E-state index in [-0.39, 0.29) is 11.6 Å². The van der Waals surface area contributed by atoms with Gasteiger partial charge in [0, 0.05) is 25.5 Å². The molecule has 2 heterocycles. The van der Waals surface area contributed by atoms with E-state index in [1.807, 2.05) is 26.4 Å². The molecule has 0 atom stereocenters. The molecule has 21 heavy (non-hydrogen) atoms. The summed E-state index contributed by atoms with van der Waals surface area (Å²) in [5, 5.41) is 7.43. The number of aromatic nitrogens is 4. The van der Waals surface area contributed by atoms with Crippen LogP contribution in [0, 0.1) is 0 Å². The Balaban J connectivity index is 1.83. The molecule has 1 N–H and O–H groups in total. The number of hydrogen-bond acceptors (Lipinski definition) is 4. The predicted molar refractivity (Wildman–Crippen MR) is 86.5 cm³/mol. The molecule has 0 saturated carbocycles. The number of anilines is 1. The molecule has 0 saturated heterocycles. The Labute approximate surface area is 132 Å². The van der Waals surface area contributed by atoms with Gasteiger partial charge in [-0.25, -0.2) is 9.67 Å². The third kappa shape index (κ3) is 4.17. The summed E-state index contributed by atoms with van der Waals surface area (Å²) in [7, 11) is 0. The maximum atomic E-state index is 12.1. The van der Waals surface area contributed by atoms with Gasteiger partial charge in [-0.1, -0.05) is 0 Å². The molecule has 6 nitrogen and oxygen atoms in total. The molecule has 0 amide bonds. The Morgan fingerprint density at radius 1 is 1.38 bits per heavy atom. The van der Waals surface area contributed by atoms with Gasteiger partial charge in [0.2, 0.25) is 0 Å². The third-order valence-corrected chi connectivity index (χ3v) is 3.92. The maximum Gasteiger partial charge on any atom is 0.283 e. The van der Waals surface area contributed by atoms with E-state index in [9.17, 15) is 4.79 Å². The summed E-state index contributed by atoms with van der Waals surface area (Å²) < 4.78 is 4.07. The molecule has 7 heteroatoms. The van der Waals surface area contributed by atoms with Gasteiger partial charge in [0.15, 0.2) is 0 Å². The first kappa shape index (κ1) is 15.8. The van der Waals surface area contributed by atoms with Crippen LogP contribution in [0.5, 0.6) is 0 Å². The number of imidazole rings is 1. The average molecular weight is 354 g/mol. The molecule has 2 aromatic heterocycles. The zero-order valence-electron chi connectivity index (χ0n) is 12.3. The molecule has 0 aliphatic heterocycles. The van der Waals surface area contributed by atoms with E-state index in [4.69, 9.17) is 0 Å². The fourth-order valence-corrected chi connectivity index (χ4v) is 2.42. The van der Waals surface area contributed by atoms with Gasteiger partial charge in [-0.2, -0.15) is 5.10 Å². The first-order chi connectivity index (χ1) is 10.1. The van der Waals surface area contributed by atoms with E-state index >= 15 is 0 Å². The summed E-state index contributed by atoms with van der Waals surface area (Å²) in [6.07, 6.45) is 9.32. The third-order valence-electron chi connectivity index (χ3n) is 3.15. The highest BCUT2D eigenvalue weighted by atomic mass is 79.9. The van der Waals surface area contributed by atoms with Crippen molar-refractivity contribution < 1.29 is 0 Å². The molecule has 2 aromatic rings. The predicted octanol–water partition coefficient (Wildman–Crippen LogP) is 2.68. The lowest BCUT2D eigenvalue weighted by molar-refractivity contribution is 0.501. The van der Waals surface area contributed by atoms with Crippen molar-refractivity contribution in [2.45, 2.75) is 39.3 Å². The lowest BCUT2D eigenvalue weighted by Gasteiger charge is -2.12. The van der Waals surface area contributed by atoms with E-state index in [1.54, 1.807) is 12.4 Å². The van der Waals surface area contributed by atoms with Crippen LogP contribution in [-0.4, -0.2) is 25.9 Å². The van der Waals surface area contributed by atoms with Gasteiger partial charge in [0.05, 0.1) is 24.3 Å². The Hall–Kier alpha value is -1.63. The smallest absolute Gasteiger partial charge is 0.283 e. The van der Waals surface area contributed by atoms with Crippen LogP contribution in [0.2, 0.25) is 0 Å². The Morgan fingerprint density at radius 2 is 2.19 bits per heavy atom. The van der Waals surface area contributed by atoms with Gasteiger partial charge < -0.3 is 9.88 Å². The molecule has 0 unspecified atom stereocenters. The minimum atomic E-state index is -0.103. The van der Waals surface area contributed by atoms with Crippen molar-refractivity contribution in [1.82, 2.24) is 19.3 Å². The highest BCUT2D eigenvalue weighted by molar-refractivity contribution is 9.10. The van der Waals surface area contributed by atoms with Crippen LogP contribution >= 0.6 is 15.9 Å². The molecule has 114 valence electrons. The van der Waals surface area contributed by atoms with Crippen LogP contribution in [0.3, 0.4) is 0 Å². The monoisotopic (exact) mass is 353 g/mol. The minimum Gasteiger partial charge on any atom is -0.383 e. The summed E-state index contributed by atoms with van der Waals surface area (Å²) in [5.41, 5.74) is 0.646. The zero-order chi connectivity index (χ0) is 15.2. The molecule has 0 aliphatic carbocycles. The van der Waals surface area contributed by atoms with E-state index in [2.05, 4.69) is 35.9 Å². The number of aryl methyl sites for hydroxylation is 1. The molecule has 0 radical (unpaired) electrons. The highest BCUT2D eigenvalue weighted by Crippen LogP contribution is 2.17. The summed E-state index contributed by atoms with van der Waals surface area (Å²) in [4.78, 5) is 16.1. The first-order valence-corrected chi connectivity index (χ1v) is 7.86. The van der Waals surface area contributed by atoms with E-state index in [1.165, 1.54) is 4.68 Å². The molecule has 0 aliphatic rings. The molecule has 0 aromatic carbocycles. The van der Waals surface area contributed by atoms with E-state index in [0.717, 1.165) is 31.6 Å². The van der Waals surface area contributed by atoms with E-state index < -0.39 is 0 Å². The molecule has 0 fully saturated rings. The molecular weight excluding hydrogens is 334 g/mol. The Morgan fingerprint density at radius 3 is 2.86 bits per heavy atom. The van der Waals surface area contributed by atoms with Crippen molar-refractivity contribution in [2.24, 2.45) is 0 Å². The zero-order valence-corrected chi connectivity index (χ0v) is 13.9. The van der Waals surface area contributed by atoms with Gasteiger partial charge in [-0.3, -0.25) is 4.79 Å². The SMILES string of the molecule is CC(C)n1ncc(NCCCCn2ccnc2)c(Br)c1=O. The summed E-state index contributed by atoms with van der Waals surface area (Å²) in [5.74, 6) is 0. The van der Waals surface area contributed by atoms with Crippen molar-refractivity contribution in [2.75, 3.05) is 11.9 Å². The number of halogens is 1. The fraction of sp³-hybridized carbons (Fsp3) is 0.500. The normalized spacial score (nSPS) is 11.0. The van der Waals surface area contributed by atoms with Crippen molar-refractivity contribution >= 4 is 21.6 Å². The molecule has 0 spiro atoms. The summed E-state index contributed by atoms with van der Waals surface area (Å²) in [6.45, 7) is 5.63. The summed E-state index contributed by atoms with van der Waals surface area (Å²) in [6, 6.07) is 0.0537. The first-order valence-electron chi connectivity index (χ1n) is 7.06. The second kappa shape index (κ2) is 7.40. The lowest BCUT2D eigenvalue weighted by atomic mass is 10.3. The van der Waals surface area contributed by atoms with Crippen LogP contribution in [0.4, 0.5) is 5.69 Å². The topological polar surface area (TPSA) is 64.7 Å². The molecule has 0 bridgehead atoms. The molecular formula is C14H20BrN5O. The summed E-state index contributed by atoms with van der Waals surface area (Å²) >= 11 is 3.35. The minimum absolute atomic E-state index is 0.0537. The van der Waals surface area contributed by atoms with E-state index in [0.29, 0.717) is 4.47 Å². The van der Waals surface area contributed by atoms with Crippen molar-refractivity contribution in [3.05, 3.63) is 39.7 Å². The van der Waals surface area contributed by atoms with Gasteiger partial charge in [-0.05, 0) is 42.6 Å². The lowest BCUT2D eigenvalue weighted by Crippen LogP contribution is -2.26. The number of hydrogen-bond donors (Lipinski definition) is 1. The quantitative estimate of drug-likeness (QED) is 0.777. The van der Waals surface area contributed by atoms with Crippen LogP contribution in [0.1, 0.15) is 32.7 Å². The van der Waals surface area contributed by atoms with Crippen molar-refractivity contribution in [3.63, 3.8) is 0 Å². The van der Waals surface area contributed by atoms with Crippen molar-refractivity contribution in [3.8, 4) is 0 Å². The van der Waals surface area contributed by atoms with Crippen LogP contribution in [0.25, 0.3) is 0 Å². The van der Waals surface area contributed by atoms with Gasteiger partial charge >= 0.3 is 0 Å². The highest BCUT2D eigenvalue weighted by Gasteiger charge is 2.10. The standard InChI is InChI=1S/C14H20BrN5O/c1-11(2)20-14(21)13(15)12(9-18-20)17-5-3-4-7-19-8-6-16-10-19/h6,8-11,17H,3-5,7H2,1-2H3. The second-order valence-electron chi connectivity index (χ2n) is 5.15. The number of unbranched alkanes of at least 4 members (excludes halogenated alkanes) is 1. The van der Waals surface area contributed by atoms with Gasteiger partial charge in [0.1, 0.15) is 4.47 Å². The van der Waals surface area contributed by atoms with Crippen LogP contribution in [0.15, 0.2) is 34.2 Å². The van der Waals surface area contributed by atoms with Gasteiger partial charge in [-0.15, -0.1) is 0 Å². The second-order valence-corrected chi connectivity index (χ2v) is 5.94.